The van der Waals surface area contributed by atoms with Crippen molar-refractivity contribution in [3.63, 3.8) is 0 Å². The molecule has 0 spiro atoms. The largest absolute Gasteiger partial charge is 0.497 e. The van der Waals surface area contributed by atoms with Gasteiger partial charge in [0, 0.05) is 5.69 Å². The number of nitrogens with one attached hydrogen (secondary N) is 1. The fraction of sp³-hybridized carbons (Fsp3) is 0.143. The highest BCUT2D eigenvalue weighted by atomic mass is 32.2. The van der Waals surface area contributed by atoms with Crippen molar-refractivity contribution in [1.82, 2.24) is 0 Å². The number of para-hydroxylation sites is 1. The molecule has 0 saturated heterocycles. The number of rotatable bonds is 5. The maximum atomic E-state index is 13.0. The van der Waals surface area contributed by atoms with Gasteiger partial charge in [-0.05, 0) is 42.0 Å². The van der Waals surface area contributed by atoms with Crippen LogP contribution in [0.5, 0.6) is 11.5 Å². The first-order chi connectivity index (χ1) is 12.8. The molecule has 4 rings (SSSR count). The van der Waals surface area contributed by atoms with Crippen LogP contribution in [0.15, 0.2) is 83.8 Å². The van der Waals surface area contributed by atoms with Crippen molar-refractivity contribution in [3.05, 3.63) is 84.4 Å². The molecule has 0 bridgehead atoms. The first-order valence-corrected chi connectivity index (χ1v) is 9.59. The zero-order chi connectivity index (χ0) is 17.9. The van der Waals surface area contributed by atoms with E-state index < -0.39 is 16.2 Å². The summed E-state index contributed by atoms with van der Waals surface area (Å²) in [7, 11) is 0.386. The molecule has 5 heteroatoms. The molecular weight excluding hydrogens is 346 g/mol. The fourth-order valence-electron chi connectivity index (χ4n) is 3.04. The summed E-state index contributed by atoms with van der Waals surface area (Å²) in [5.41, 5.74) is 1.43. The first kappa shape index (κ1) is 16.7. The van der Waals surface area contributed by atoms with Gasteiger partial charge in [-0.15, -0.1) is 0 Å². The van der Waals surface area contributed by atoms with Gasteiger partial charge in [0.1, 0.15) is 28.3 Å². The van der Waals surface area contributed by atoms with Crippen LogP contribution in [-0.2, 0) is 10.8 Å². The Morgan fingerprint density at radius 2 is 1.65 bits per heavy atom. The number of fused-ring (bicyclic) bond motifs is 1. The average molecular weight is 365 g/mol. The molecule has 1 aliphatic heterocycles. The van der Waals surface area contributed by atoms with Gasteiger partial charge in [-0.25, -0.2) is 0 Å². The van der Waals surface area contributed by atoms with E-state index in [2.05, 4.69) is 5.32 Å². The lowest BCUT2D eigenvalue weighted by Crippen LogP contribution is -2.31. The van der Waals surface area contributed by atoms with Crippen LogP contribution < -0.4 is 14.8 Å². The van der Waals surface area contributed by atoms with Gasteiger partial charge in [0.25, 0.3) is 0 Å². The van der Waals surface area contributed by atoms with E-state index in [-0.39, 0.29) is 6.04 Å². The third-order valence-electron chi connectivity index (χ3n) is 4.36. The molecule has 0 amide bonds. The minimum Gasteiger partial charge on any atom is -0.497 e. The summed E-state index contributed by atoms with van der Waals surface area (Å²) in [4.78, 5) is 0.745. The highest BCUT2D eigenvalue weighted by Gasteiger charge is 2.38. The molecule has 0 aliphatic carbocycles. The number of benzene rings is 3. The van der Waals surface area contributed by atoms with Crippen molar-refractivity contribution in [2.24, 2.45) is 0 Å². The molecule has 0 fully saturated rings. The lowest BCUT2D eigenvalue weighted by atomic mass is 10.1. The normalized spacial score (nSPS) is 19.3. The summed E-state index contributed by atoms with van der Waals surface area (Å²) in [6.45, 7) is 0. The van der Waals surface area contributed by atoms with Gasteiger partial charge in [-0.1, -0.05) is 42.5 Å². The summed E-state index contributed by atoms with van der Waals surface area (Å²) in [5.74, 6) is 1.48. The van der Waals surface area contributed by atoms with Crippen LogP contribution in [0.1, 0.15) is 11.6 Å². The SMILES string of the molecule is COc1ccc(N[C@@H](c2ccccc2)[C@H]2Oc3ccccc3S2=O)cc1. The fourth-order valence-corrected chi connectivity index (χ4v) is 4.48. The Hall–Kier alpha value is -2.79. The zero-order valence-electron chi connectivity index (χ0n) is 14.3. The first-order valence-electron chi connectivity index (χ1n) is 8.38. The Balaban J connectivity index is 1.67. The number of methoxy groups -OCH3 is 1. The maximum absolute atomic E-state index is 13.0. The predicted molar refractivity (Wildman–Crippen MR) is 103 cm³/mol. The lowest BCUT2D eigenvalue weighted by Gasteiger charge is -2.25. The van der Waals surface area contributed by atoms with Crippen LogP contribution in [0.2, 0.25) is 0 Å². The molecule has 26 heavy (non-hydrogen) atoms. The second-order valence-electron chi connectivity index (χ2n) is 5.99. The van der Waals surface area contributed by atoms with Gasteiger partial charge in [-0.3, -0.25) is 4.21 Å². The standard InChI is InChI=1S/C21H19NO3S/c1-24-17-13-11-16(12-14-17)22-20(15-7-3-2-4-8-15)21-25-18-9-5-6-10-19(18)26(21)23/h2-14,20-22H,1H3/t20-,21-,26?/m0/s1. The van der Waals surface area contributed by atoms with Crippen LogP contribution in [-0.4, -0.2) is 16.8 Å². The average Bonchev–Trinajstić information content (AvgIpc) is 3.04. The number of anilines is 1. The van der Waals surface area contributed by atoms with E-state index in [0.717, 1.165) is 21.9 Å². The summed E-state index contributed by atoms with van der Waals surface area (Å²) in [6.07, 6.45) is 0. The Bertz CT molecular complexity index is 912. The highest BCUT2D eigenvalue weighted by molar-refractivity contribution is 7.86. The van der Waals surface area contributed by atoms with E-state index >= 15 is 0 Å². The van der Waals surface area contributed by atoms with Gasteiger partial charge < -0.3 is 14.8 Å². The van der Waals surface area contributed by atoms with Gasteiger partial charge in [0.15, 0.2) is 0 Å². The quantitative estimate of drug-likeness (QED) is 0.729. The number of hydrogen-bond acceptors (Lipinski definition) is 4. The predicted octanol–water partition coefficient (Wildman–Crippen LogP) is 4.37. The molecule has 1 N–H and O–H groups in total. The van der Waals surface area contributed by atoms with Crippen LogP contribution in [0.3, 0.4) is 0 Å². The van der Waals surface area contributed by atoms with E-state index in [9.17, 15) is 4.21 Å². The Morgan fingerprint density at radius 1 is 0.962 bits per heavy atom. The smallest absolute Gasteiger partial charge is 0.201 e. The molecular formula is C21H19NO3S. The van der Waals surface area contributed by atoms with Gasteiger partial charge in [0.05, 0.1) is 12.0 Å². The van der Waals surface area contributed by atoms with Gasteiger partial charge in [-0.2, -0.15) is 0 Å². The Labute approximate surface area is 155 Å². The summed E-state index contributed by atoms with van der Waals surface area (Å²) < 4.78 is 24.3. The minimum atomic E-state index is -1.26. The molecule has 1 aliphatic rings. The summed E-state index contributed by atoms with van der Waals surface area (Å²) >= 11 is 0. The van der Waals surface area contributed by atoms with Crippen molar-refractivity contribution >= 4 is 16.5 Å². The van der Waals surface area contributed by atoms with Crippen LogP contribution in [0, 0.1) is 0 Å². The second-order valence-corrected chi connectivity index (χ2v) is 7.49. The van der Waals surface area contributed by atoms with E-state index in [1.54, 1.807) is 7.11 Å². The summed E-state index contributed by atoms with van der Waals surface area (Å²) in [6, 6.07) is 24.9. The van der Waals surface area contributed by atoms with Crippen molar-refractivity contribution < 1.29 is 13.7 Å². The van der Waals surface area contributed by atoms with Crippen molar-refractivity contribution in [1.29, 1.82) is 0 Å². The molecule has 0 radical (unpaired) electrons. The van der Waals surface area contributed by atoms with E-state index in [1.165, 1.54) is 0 Å². The molecule has 1 heterocycles. The molecule has 1 unspecified atom stereocenters. The maximum Gasteiger partial charge on any atom is 0.201 e. The molecule has 0 saturated carbocycles. The number of hydrogen-bond donors (Lipinski definition) is 1. The number of ether oxygens (including phenoxy) is 2. The minimum absolute atomic E-state index is 0.252. The third-order valence-corrected chi connectivity index (χ3v) is 5.92. The molecule has 132 valence electrons. The van der Waals surface area contributed by atoms with E-state index in [0.29, 0.717) is 5.75 Å². The Kier molecular flexibility index (Phi) is 4.63. The molecule has 4 nitrogen and oxygen atoms in total. The molecule has 3 atom stereocenters. The molecule has 3 aromatic rings. The zero-order valence-corrected chi connectivity index (χ0v) is 15.1. The van der Waals surface area contributed by atoms with Crippen molar-refractivity contribution in [3.8, 4) is 11.5 Å². The lowest BCUT2D eigenvalue weighted by molar-refractivity contribution is 0.267. The van der Waals surface area contributed by atoms with Crippen molar-refractivity contribution in [2.45, 2.75) is 16.4 Å². The van der Waals surface area contributed by atoms with Gasteiger partial charge in [0.2, 0.25) is 5.44 Å². The van der Waals surface area contributed by atoms with Crippen LogP contribution in [0.25, 0.3) is 0 Å². The second kappa shape index (κ2) is 7.22. The molecule has 3 aromatic carbocycles. The highest BCUT2D eigenvalue weighted by Crippen LogP contribution is 2.39. The van der Waals surface area contributed by atoms with Crippen LogP contribution in [0.4, 0.5) is 5.69 Å². The van der Waals surface area contributed by atoms with Crippen LogP contribution >= 0.6 is 0 Å². The van der Waals surface area contributed by atoms with Gasteiger partial charge >= 0.3 is 0 Å². The van der Waals surface area contributed by atoms with E-state index in [1.807, 2.05) is 78.9 Å². The van der Waals surface area contributed by atoms with E-state index in [4.69, 9.17) is 9.47 Å². The molecule has 0 aromatic heterocycles. The monoisotopic (exact) mass is 365 g/mol. The Morgan fingerprint density at radius 3 is 2.35 bits per heavy atom. The third kappa shape index (κ3) is 3.18. The summed E-state index contributed by atoms with van der Waals surface area (Å²) in [5, 5.41) is 3.48. The topological polar surface area (TPSA) is 47.6 Å². The van der Waals surface area contributed by atoms with Crippen molar-refractivity contribution in [2.75, 3.05) is 12.4 Å².